The number of carboxylic acids is 1. The molecule has 1 aliphatic rings. The van der Waals surface area contributed by atoms with Gasteiger partial charge < -0.3 is 9.84 Å². The van der Waals surface area contributed by atoms with Crippen LogP contribution < -0.4 is 4.74 Å². The Morgan fingerprint density at radius 1 is 1.64 bits per heavy atom. The van der Waals surface area contributed by atoms with E-state index >= 15 is 0 Å². The molecule has 1 aliphatic heterocycles. The number of hydrogen-bond acceptors (Lipinski definition) is 2. The third kappa shape index (κ3) is 1.75. The van der Waals surface area contributed by atoms with Crippen molar-refractivity contribution >= 4 is 21.9 Å². The molecule has 0 bridgehead atoms. The van der Waals surface area contributed by atoms with Gasteiger partial charge in [0.25, 0.3) is 0 Å². The van der Waals surface area contributed by atoms with Gasteiger partial charge in [-0.3, -0.25) is 4.79 Å². The molecule has 74 valence electrons. The summed E-state index contributed by atoms with van der Waals surface area (Å²) in [7, 11) is 0. The van der Waals surface area contributed by atoms with Gasteiger partial charge in [0.15, 0.2) is 0 Å². The first kappa shape index (κ1) is 9.52. The van der Waals surface area contributed by atoms with Crippen LogP contribution in [0.25, 0.3) is 0 Å². The molecule has 0 saturated heterocycles. The third-order valence-electron chi connectivity index (χ3n) is 2.27. The second-order valence-electron chi connectivity index (χ2n) is 3.29. The van der Waals surface area contributed by atoms with Crippen LogP contribution >= 0.6 is 15.9 Å². The lowest BCUT2D eigenvalue weighted by molar-refractivity contribution is -0.137. The zero-order valence-electron chi connectivity index (χ0n) is 7.37. The van der Waals surface area contributed by atoms with Crippen LogP contribution in [0.2, 0.25) is 0 Å². The van der Waals surface area contributed by atoms with Gasteiger partial charge >= 0.3 is 5.97 Å². The molecule has 0 aliphatic carbocycles. The SMILES string of the molecule is O=C(O)CC1COc2ccc(Br)cc21. The Morgan fingerprint density at radius 2 is 2.43 bits per heavy atom. The Labute approximate surface area is 89.8 Å². The van der Waals surface area contributed by atoms with E-state index in [0.717, 1.165) is 15.8 Å². The number of rotatable bonds is 2. The fourth-order valence-corrected chi connectivity index (χ4v) is 2.01. The van der Waals surface area contributed by atoms with E-state index in [-0.39, 0.29) is 12.3 Å². The van der Waals surface area contributed by atoms with Crippen LogP contribution in [-0.2, 0) is 4.79 Å². The number of carbonyl (C=O) groups is 1. The standard InChI is InChI=1S/C10H9BrO3/c11-7-1-2-9-8(4-7)6(5-14-9)3-10(12)13/h1-2,4,6H,3,5H2,(H,12,13). The molecule has 0 amide bonds. The third-order valence-corrected chi connectivity index (χ3v) is 2.77. The largest absolute Gasteiger partial charge is 0.493 e. The van der Waals surface area contributed by atoms with Gasteiger partial charge in [-0.1, -0.05) is 15.9 Å². The molecule has 1 N–H and O–H groups in total. The van der Waals surface area contributed by atoms with Crippen LogP contribution in [0, 0.1) is 0 Å². The summed E-state index contributed by atoms with van der Waals surface area (Å²) < 4.78 is 6.34. The summed E-state index contributed by atoms with van der Waals surface area (Å²) in [6.07, 6.45) is 0.128. The smallest absolute Gasteiger partial charge is 0.304 e. The number of benzene rings is 1. The first-order valence-electron chi connectivity index (χ1n) is 4.31. The van der Waals surface area contributed by atoms with Crippen molar-refractivity contribution in [2.75, 3.05) is 6.61 Å². The maximum Gasteiger partial charge on any atom is 0.304 e. The summed E-state index contributed by atoms with van der Waals surface area (Å²) >= 11 is 3.36. The van der Waals surface area contributed by atoms with Crippen LogP contribution in [0.5, 0.6) is 5.75 Å². The van der Waals surface area contributed by atoms with Crippen LogP contribution in [0.15, 0.2) is 22.7 Å². The second-order valence-corrected chi connectivity index (χ2v) is 4.20. The summed E-state index contributed by atoms with van der Waals surface area (Å²) in [4.78, 5) is 10.6. The minimum Gasteiger partial charge on any atom is -0.493 e. The number of hydrogen-bond donors (Lipinski definition) is 1. The van der Waals surface area contributed by atoms with Crippen LogP contribution in [-0.4, -0.2) is 17.7 Å². The van der Waals surface area contributed by atoms with Crippen molar-refractivity contribution in [2.45, 2.75) is 12.3 Å². The Balaban J connectivity index is 2.28. The van der Waals surface area contributed by atoms with E-state index in [1.54, 1.807) is 0 Å². The number of ether oxygens (including phenoxy) is 1. The van der Waals surface area contributed by atoms with Crippen molar-refractivity contribution in [1.82, 2.24) is 0 Å². The van der Waals surface area contributed by atoms with E-state index < -0.39 is 5.97 Å². The van der Waals surface area contributed by atoms with Gasteiger partial charge in [-0.25, -0.2) is 0 Å². The fraction of sp³-hybridized carbons (Fsp3) is 0.300. The van der Waals surface area contributed by atoms with Crippen molar-refractivity contribution in [2.24, 2.45) is 0 Å². The molecule has 0 aromatic heterocycles. The van der Waals surface area contributed by atoms with E-state index in [0.29, 0.717) is 6.61 Å². The van der Waals surface area contributed by atoms with Crippen molar-refractivity contribution in [3.05, 3.63) is 28.2 Å². The minimum atomic E-state index is -0.786. The number of fused-ring (bicyclic) bond motifs is 1. The molecular weight excluding hydrogens is 248 g/mol. The normalized spacial score (nSPS) is 18.8. The van der Waals surface area contributed by atoms with Crippen molar-refractivity contribution in [3.63, 3.8) is 0 Å². The molecule has 1 atom stereocenters. The lowest BCUT2D eigenvalue weighted by Crippen LogP contribution is -2.07. The molecule has 4 heteroatoms. The highest BCUT2D eigenvalue weighted by Crippen LogP contribution is 2.37. The summed E-state index contributed by atoms with van der Waals surface area (Å²) in [6.45, 7) is 0.470. The quantitative estimate of drug-likeness (QED) is 0.884. The Morgan fingerprint density at radius 3 is 3.14 bits per heavy atom. The highest BCUT2D eigenvalue weighted by molar-refractivity contribution is 9.10. The Bertz CT molecular complexity index is 376. The van der Waals surface area contributed by atoms with Crippen molar-refractivity contribution in [1.29, 1.82) is 0 Å². The Kier molecular flexibility index (Phi) is 2.46. The Hall–Kier alpha value is -1.03. The van der Waals surface area contributed by atoms with Gasteiger partial charge in [0.05, 0.1) is 13.0 Å². The lowest BCUT2D eigenvalue weighted by atomic mass is 9.98. The molecule has 3 nitrogen and oxygen atoms in total. The van der Waals surface area contributed by atoms with E-state index in [9.17, 15) is 4.79 Å². The molecule has 2 rings (SSSR count). The van der Waals surface area contributed by atoms with E-state index in [4.69, 9.17) is 9.84 Å². The van der Waals surface area contributed by atoms with Gasteiger partial charge in [0.2, 0.25) is 0 Å². The van der Waals surface area contributed by atoms with Gasteiger partial charge in [-0.2, -0.15) is 0 Å². The number of halogens is 1. The summed E-state index contributed by atoms with van der Waals surface area (Å²) in [5.41, 5.74) is 0.988. The average molecular weight is 257 g/mol. The van der Waals surface area contributed by atoms with Gasteiger partial charge in [0.1, 0.15) is 5.75 Å². The summed E-state index contributed by atoms with van der Waals surface area (Å²) in [5, 5.41) is 8.70. The van der Waals surface area contributed by atoms with Gasteiger partial charge in [-0.15, -0.1) is 0 Å². The first-order chi connectivity index (χ1) is 6.66. The highest BCUT2D eigenvalue weighted by atomic mass is 79.9. The summed E-state index contributed by atoms with van der Waals surface area (Å²) in [5.74, 6) is 0.00544. The molecule has 1 unspecified atom stereocenters. The van der Waals surface area contributed by atoms with Crippen LogP contribution in [0.3, 0.4) is 0 Å². The molecule has 14 heavy (non-hydrogen) atoms. The van der Waals surface area contributed by atoms with E-state index in [1.165, 1.54) is 0 Å². The minimum absolute atomic E-state index is 0.0139. The monoisotopic (exact) mass is 256 g/mol. The lowest BCUT2D eigenvalue weighted by Gasteiger charge is -2.04. The molecular formula is C10H9BrO3. The summed E-state index contributed by atoms with van der Waals surface area (Å²) in [6, 6.07) is 5.68. The number of aliphatic carboxylic acids is 1. The predicted molar refractivity (Wildman–Crippen MR) is 54.6 cm³/mol. The molecule has 1 aromatic carbocycles. The topological polar surface area (TPSA) is 46.5 Å². The second kappa shape index (κ2) is 3.61. The maximum atomic E-state index is 10.6. The average Bonchev–Trinajstić information content (AvgIpc) is 2.47. The van der Waals surface area contributed by atoms with Crippen LogP contribution in [0.1, 0.15) is 17.9 Å². The van der Waals surface area contributed by atoms with Crippen molar-refractivity contribution in [3.8, 4) is 5.75 Å². The predicted octanol–water partition coefficient (Wildman–Crippen LogP) is 2.40. The fourth-order valence-electron chi connectivity index (χ4n) is 1.63. The maximum absolute atomic E-state index is 10.6. The van der Waals surface area contributed by atoms with Crippen molar-refractivity contribution < 1.29 is 14.6 Å². The molecule has 1 aromatic rings. The zero-order chi connectivity index (χ0) is 10.1. The van der Waals surface area contributed by atoms with Gasteiger partial charge in [0, 0.05) is 16.0 Å². The number of carboxylic acid groups (broad SMARTS) is 1. The van der Waals surface area contributed by atoms with Gasteiger partial charge in [-0.05, 0) is 18.2 Å². The molecule has 0 spiro atoms. The van der Waals surface area contributed by atoms with Crippen LogP contribution in [0.4, 0.5) is 0 Å². The van der Waals surface area contributed by atoms with E-state index in [2.05, 4.69) is 15.9 Å². The molecule has 1 heterocycles. The highest BCUT2D eigenvalue weighted by Gasteiger charge is 2.26. The molecule has 0 radical (unpaired) electrons. The first-order valence-corrected chi connectivity index (χ1v) is 5.10. The zero-order valence-corrected chi connectivity index (χ0v) is 8.95. The van der Waals surface area contributed by atoms with E-state index in [1.807, 2.05) is 18.2 Å². The molecule has 0 saturated carbocycles. The molecule has 0 fully saturated rings.